The van der Waals surface area contributed by atoms with Crippen LogP contribution in [0, 0.1) is 20.8 Å². The molecule has 0 amide bonds. The van der Waals surface area contributed by atoms with Crippen molar-refractivity contribution < 1.29 is 0 Å². The Kier molecular flexibility index (Phi) is 3.38. The molecule has 0 saturated carbocycles. The first kappa shape index (κ1) is 14.3. The summed E-state index contributed by atoms with van der Waals surface area (Å²) in [6, 6.07) is 6.38. The number of aryl methyl sites for hydroxylation is 5. The molecule has 0 unspecified atom stereocenters. The van der Waals surface area contributed by atoms with Gasteiger partial charge in [-0.3, -0.25) is 0 Å². The monoisotopic (exact) mass is 322 g/mol. The minimum atomic E-state index is 0.646. The number of rotatable bonds is 2. The van der Waals surface area contributed by atoms with Gasteiger partial charge in [0, 0.05) is 11.9 Å². The number of nitrogens with zero attached hydrogens (tertiary/aromatic N) is 3. The van der Waals surface area contributed by atoms with Crippen LogP contribution in [0.5, 0.6) is 0 Å². The summed E-state index contributed by atoms with van der Waals surface area (Å²) in [4.78, 5) is 15.1. The summed E-state index contributed by atoms with van der Waals surface area (Å²) in [5, 5.41) is 4.44. The Hall–Kier alpha value is -2.27. The van der Waals surface area contributed by atoms with E-state index in [4.69, 9.17) is 4.98 Å². The van der Waals surface area contributed by atoms with Gasteiger partial charge in [0.05, 0.1) is 21.3 Å². The van der Waals surface area contributed by atoms with Crippen molar-refractivity contribution in [2.75, 3.05) is 5.32 Å². The number of hydrogen-bond donors (Lipinski definition) is 1. The van der Waals surface area contributed by atoms with Crippen molar-refractivity contribution in [3.63, 3.8) is 0 Å². The Labute approximate surface area is 139 Å². The minimum absolute atomic E-state index is 0.646. The van der Waals surface area contributed by atoms with Crippen LogP contribution in [-0.2, 0) is 12.8 Å². The molecule has 1 aromatic carbocycles. The first-order valence-electron chi connectivity index (χ1n) is 7.76. The smallest absolute Gasteiger partial charge is 0.227 e. The zero-order chi connectivity index (χ0) is 16.0. The highest BCUT2D eigenvalue weighted by molar-refractivity contribution is 7.15. The predicted octanol–water partition coefficient (Wildman–Crippen LogP) is 4.37. The third-order valence-corrected chi connectivity index (χ3v) is 5.01. The molecule has 1 aliphatic rings. The van der Waals surface area contributed by atoms with Crippen LogP contribution < -0.4 is 5.32 Å². The molecule has 3 aromatic rings. The van der Waals surface area contributed by atoms with Gasteiger partial charge in [-0.1, -0.05) is 6.07 Å². The Morgan fingerprint density at radius 1 is 1.00 bits per heavy atom. The van der Waals surface area contributed by atoms with Crippen LogP contribution in [-0.4, -0.2) is 15.0 Å². The highest BCUT2D eigenvalue weighted by atomic mass is 32.1. The van der Waals surface area contributed by atoms with E-state index in [1.165, 1.54) is 27.3 Å². The maximum Gasteiger partial charge on any atom is 0.227 e. The molecule has 0 saturated heterocycles. The van der Waals surface area contributed by atoms with Crippen molar-refractivity contribution in [2.24, 2.45) is 0 Å². The van der Waals surface area contributed by atoms with Gasteiger partial charge in [0.1, 0.15) is 0 Å². The number of anilines is 2. The highest BCUT2D eigenvalue weighted by Gasteiger charge is 2.22. The van der Waals surface area contributed by atoms with Gasteiger partial charge in [-0.2, -0.15) is 0 Å². The fourth-order valence-electron chi connectivity index (χ4n) is 3.10. The van der Waals surface area contributed by atoms with E-state index in [-0.39, 0.29) is 0 Å². The Morgan fingerprint density at radius 2 is 1.78 bits per heavy atom. The molecule has 0 aliphatic heterocycles. The Balaban J connectivity index is 1.72. The molecule has 0 bridgehead atoms. The summed E-state index contributed by atoms with van der Waals surface area (Å²) in [6.07, 6.45) is 3.90. The van der Waals surface area contributed by atoms with E-state index in [2.05, 4.69) is 54.3 Å². The number of hydrogen-bond acceptors (Lipinski definition) is 5. The van der Waals surface area contributed by atoms with Crippen LogP contribution in [0.3, 0.4) is 0 Å². The van der Waals surface area contributed by atoms with Gasteiger partial charge in [-0.05, 0) is 62.4 Å². The van der Waals surface area contributed by atoms with Gasteiger partial charge in [-0.25, -0.2) is 15.0 Å². The Bertz CT molecular complexity index is 878. The van der Waals surface area contributed by atoms with Crippen molar-refractivity contribution in [3.05, 3.63) is 51.8 Å². The molecule has 0 atom stereocenters. The molecule has 0 radical (unpaired) electrons. The lowest BCUT2D eigenvalue weighted by Crippen LogP contribution is -2.07. The summed E-state index contributed by atoms with van der Waals surface area (Å²) in [6.45, 7) is 6.25. The van der Waals surface area contributed by atoms with Crippen LogP contribution in [0.2, 0.25) is 0 Å². The molecule has 1 N–H and O–H groups in total. The summed E-state index contributed by atoms with van der Waals surface area (Å²) in [7, 11) is 0. The lowest BCUT2D eigenvalue weighted by atomic mass is 10.00. The van der Waals surface area contributed by atoms with Crippen molar-refractivity contribution >= 4 is 23.0 Å². The number of nitrogens with one attached hydrogen (secondary N) is 1. The second kappa shape index (κ2) is 5.42. The van der Waals surface area contributed by atoms with Gasteiger partial charge in [0.25, 0.3) is 0 Å². The van der Waals surface area contributed by atoms with E-state index in [9.17, 15) is 0 Å². The summed E-state index contributed by atoms with van der Waals surface area (Å²) < 4.78 is 0. The maximum atomic E-state index is 4.77. The Morgan fingerprint density at radius 3 is 2.57 bits per heavy atom. The predicted molar refractivity (Wildman–Crippen MR) is 94.5 cm³/mol. The molecule has 4 rings (SSSR count). The molecule has 23 heavy (non-hydrogen) atoms. The topological polar surface area (TPSA) is 50.7 Å². The largest absolute Gasteiger partial charge is 0.324 e. The van der Waals surface area contributed by atoms with Crippen LogP contribution in [0.4, 0.5) is 11.6 Å². The lowest BCUT2D eigenvalue weighted by Gasteiger charge is -2.15. The third kappa shape index (κ3) is 2.72. The normalized spacial score (nSPS) is 12.7. The average molecular weight is 322 g/mol. The summed E-state index contributed by atoms with van der Waals surface area (Å²) >= 11 is 1.72. The SMILES string of the molecule is Cc1cc(C)cc(Nc2ncc3c(n2)-c2sc(C)nc2CC3)c1. The second-order valence-electron chi connectivity index (χ2n) is 6.08. The summed E-state index contributed by atoms with van der Waals surface area (Å²) in [5.74, 6) is 0.646. The van der Waals surface area contributed by atoms with E-state index in [1.54, 1.807) is 11.3 Å². The molecule has 0 fully saturated rings. The van der Waals surface area contributed by atoms with Gasteiger partial charge >= 0.3 is 0 Å². The number of fused-ring (bicyclic) bond motifs is 3. The van der Waals surface area contributed by atoms with Gasteiger partial charge in [-0.15, -0.1) is 11.3 Å². The molecular weight excluding hydrogens is 304 g/mol. The molecule has 0 spiro atoms. The van der Waals surface area contributed by atoms with E-state index < -0.39 is 0 Å². The van der Waals surface area contributed by atoms with Crippen LogP contribution in [0.25, 0.3) is 10.6 Å². The van der Waals surface area contributed by atoms with Crippen molar-refractivity contribution in [2.45, 2.75) is 33.6 Å². The van der Waals surface area contributed by atoms with Crippen LogP contribution >= 0.6 is 11.3 Å². The molecule has 4 nitrogen and oxygen atoms in total. The van der Waals surface area contributed by atoms with E-state index in [0.29, 0.717) is 5.95 Å². The molecule has 2 aromatic heterocycles. The van der Waals surface area contributed by atoms with Crippen molar-refractivity contribution in [1.29, 1.82) is 0 Å². The zero-order valence-corrected chi connectivity index (χ0v) is 14.3. The molecule has 5 heteroatoms. The number of thiazole rings is 1. The quantitative estimate of drug-likeness (QED) is 0.761. The zero-order valence-electron chi connectivity index (χ0n) is 13.5. The number of benzene rings is 1. The molecule has 1 aliphatic carbocycles. The lowest BCUT2D eigenvalue weighted by molar-refractivity contribution is 0.884. The number of aromatic nitrogens is 3. The van der Waals surface area contributed by atoms with Crippen LogP contribution in [0.1, 0.15) is 27.4 Å². The average Bonchev–Trinajstić information content (AvgIpc) is 2.87. The highest BCUT2D eigenvalue weighted by Crippen LogP contribution is 2.36. The molecule has 2 heterocycles. The minimum Gasteiger partial charge on any atom is -0.324 e. The molecular formula is C18H18N4S. The van der Waals surface area contributed by atoms with Gasteiger partial charge < -0.3 is 5.32 Å². The van der Waals surface area contributed by atoms with E-state index >= 15 is 0 Å². The van der Waals surface area contributed by atoms with E-state index in [0.717, 1.165) is 29.2 Å². The first-order valence-corrected chi connectivity index (χ1v) is 8.58. The van der Waals surface area contributed by atoms with Crippen molar-refractivity contribution in [3.8, 4) is 10.6 Å². The fraction of sp³-hybridized carbons (Fsp3) is 0.278. The van der Waals surface area contributed by atoms with Crippen molar-refractivity contribution in [1.82, 2.24) is 15.0 Å². The molecule has 116 valence electrons. The third-order valence-electron chi connectivity index (χ3n) is 3.99. The summed E-state index contributed by atoms with van der Waals surface area (Å²) in [5.41, 5.74) is 6.91. The fourth-order valence-corrected chi connectivity index (χ4v) is 4.09. The maximum absolute atomic E-state index is 4.77. The standard InChI is InChI=1S/C18H18N4S/c1-10-6-11(2)8-14(7-10)21-18-19-9-13-4-5-15-17(16(13)22-18)23-12(3)20-15/h6-9H,4-5H2,1-3H3,(H,19,21,22). The first-order chi connectivity index (χ1) is 11.1. The van der Waals surface area contributed by atoms with Crippen LogP contribution in [0.15, 0.2) is 24.4 Å². The second-order valence-corrected chi connectivity index (χ2v) is 7.28. The van der Waals surface area contributed by atoms with E-state index in [1.807, 2.05) is 6.20 Å². The van der Waals surface area contributed by atoms with Gasteiger partial charge in [0.2, 0.25) is 5.95 Å². The van der Waals surface area contributed by atoms with Gasteiger partial charge in [0.15, 0.2) is 0 Å².